The van der Waals surface area contributed by atoms with Crippen molar-refractivity contribution in [3.63, 3.8) is 0 Å². The minimum absolute atomic E-state index is 0.0127. The minimum Gasteiger partial charge on any atom is -0.296 e. The number of rotatable bonds is 3. The second-order valence-electron chi connectivity index (χ2n) is 8.17. The zero-order valence-electron chi connectivity index (χ0n) is 15.1. The Bertz CT molecular complexity index is 737. The van der Waals surface area contributed by atoms with Gasteiger partial charge in [-0.15, -0.1) is 0 Å². The van der Waals surface area contributed by atoms with Gasteiger partial charge in [0.1, 0.15) is 5.82 Å². The summed E-state index contributed by atoms with van der Waals surface area (Å²) < 4.78 is 40.6. The fraction of sp³-hybridized carbons (Fsp3) is 0.632. The molecule has 2 fully saturated rings. The maximum Gasteiger partial charge on any atom is 0.294 e. The first-order chi connectivity index (χ1) is 12.9. The molecule has 1 aromatic rings. The Kier molecular flexibility index (Phi) is 4.90. The summed E-state index contributed by atoms with van der Waals surface area (Å²) in [6, 6.07) is 3.08. The van der Waals surface area contributed by atoms with Gasteiger partial charge < -0.3 is 0 Å². The number of likely N-dealkylation sites (tertiary alicyclic amines) is 1. The molecule has 2 aliphatic heterocycles. The lowest BCUT2D eigenvalue weighted by Crippen LogP contribution is -2.58. The Morgan fingerprint density at radius 2 is 2.07 bits per heavy atom. The first kappa shape index (κ1) is 18.7. The summed E-state index contributed by atoms with van der Waals surface area (Å²) in [5, 5.41) is 8.73. The van der Waals surface area contributed by atoms with Crippen LogP contribution in [0.2, 0.25) is 0 Å². The van der Waals surface area contributed by atoms with Crippen LogP contribution in [-0.4, -0.2) is 53.1 Å². The quantitative estimate of drug-likeness (QED) is 0.479. The first-order valence-electron chi connectivity index (χ1n) is 9.43. The lowest BCUT2D eigenvalue weighted by molar-refractivity contribution is -0.114. The van der Waals surface area contributed by atoms with E-state index in [-0.39, 0.29) is 11.0 Å². The van der Waals surface area contributed by atoms with Crippen LogP contribution in [0.25, 0.3) is 0 Å². The van der Waals surface area contributed by atoms with E-state index in [0.29, 0.717) is 37.7 Å². The summed E-state index contributed by atoms with van der Waals surface area (Å²) in [6.45, 7) is -0.227. The van der Waals surface area contributed by atoms with Crippen LogP contribution in [-0.2, 0) is 13.0 Å². The number of nitrogens with one attached hydrogen (secondary N) is 1. The highest BCUT2D eigenvalue weighted by molar-refractivity contribution is 5.93. The van der Waals surface area contributed by atoms with Crippen LogP contribution in [0.3, 0.4) is 0 Å². The van der Waals surface area contributed by atoms with Crippen LogP contribution in [0, 0.1) is 11.2 Å². The molecule has 0 bridgehead atoms. The predicted molar refractivity (Wildman–Crippen MR) is 92.0 cm³/mol. The van der Waals surface area contributed by atoms with E-state index in [9.17, 15) is 18.0 Å². The van der Waals surface area contributed by atoms with Crippen molar-refractivity contribution in [1.29, 1.82) is 0 Å². The molecular formula is C19H24F3N3O2. The van der Waals surface area contributed by atoms with Crippen LogP contribution in [0.4, 0.5) is 13.2 Å². The summed E-state index contributed by atoms with van der Waals surface area (Å²) in [5.41, 5.74) is 3.01. The lowest BCUT2D eigenvalue weighted by Gasteiger charge is -2.56. The molecule has 1 spiro atoms. The van der Waals surface area contributed by atoms with E-state index < -0.39 is 18.3 Å². The topological polar surface area (TPSA) is 55.8 Å². The normalized spacial score (nSPS) is 28.9. The molecule has 148 valence electrons. The molecule has 1 aromatic carbocycles. The van der Waals surface area contributed by atoms with E-state index in [1.807, 2.05) is 0 Å². The third kappa shape index (κ3) is 3.46. The van der Waals surface area contributed by atoms with Gasteiger partial charge in [0.05, 0.1) is 0 Å². The summed E-state index contributed by atoms with van der Waals surface area (Å²) in [4.78, 5) is 15.0. The summed E-state index contributed by atoms with van der Waals surface area (Å²) >= 11 is 0. The van der Waals surface area contributed by atoms with E-state index in [0.717, 1.165) is 43.9 Å². The maximum atomic E-state index is 14.5. The smallest absolute Gasteiger partial charge is 0.294 e. The van der Waals surface area contributed by atoms with Crippen molar-refractivity contribution in [2.75, 3.05) is 19.6 Å². The number of carbonyl (C=O) groups is 1. The zero-order valence-corrected chi connectivity index (χ0v) is 15.1. The Morgan fingerprint density at radius 1 is 1.30 bits per heavy atom. The average molecular weight is 383 g/mol. The van der Waals surface area contributed by atoms with Gasteiger partial charge in [-0.05, 0) is 55.2 Å². The number of nitrogens with zero attached hydrogens (tertiary/aromatic N) is 2. The highest BCUT2D eigenvalue weighted by Gasteiger charge is 2.49. The maximum absolute atomic E-state index is 14.5. The number of alkyl halides is 2. The Balaban J connectivity index is 1.42. The fourth-order valence-corrected chi connectivity index (χ4v) is 5.09. The number of fused-ring (bicyclic) bond motifs is 1. The number of halogens is 3. The van der Waals surface area contributed by atoms with E-state index in [2.05, 4.69) is 4.90 Å². The SMILES string of the molecule is O=C(NO)c1cc(F)c2c(c1)CCN(C1CC3(CCCN(C(F)F)C3)C1)C2. The molecule has 1 saturated carbocycles. The van der Waals surface area contributed by atoms with Crippen LogP contribution >= 0.6 is 0 Å². The molecule has 2 heterocycles. The molecular weight excluding hydrogens is 359 g/mol. The number of hydrogen-bond acceptors (Lipinski definition) is 4. The van der Waals surface area contributed by atoms with Crippen LogP contribution in [0.15, 0.2) is 12.1 Å². The van der Waals surface area contributed by atoms with Crippen molar-refractivity contribution in [2.24, 2.45) is 5.41 Å². The number of hydrogen-bond donors (Lipinski definition) is 2. The monoisotopic (exact) mass is 383 g/mol. The summed E-state index contributed by atoms with van der Waals surface area (Å²) in [5.74, 6) is -1.16. The zero-order chi connectivity index (χ0) is 19.2. The van der Waals surface area contributed by atoms with E-state index in [1.165, 1.54) is 10.4 Å². The number of benzene rings is 1. The second kappa shape index (κ2) is 7.07. The highest BCUT2D eigenvalue weighted by atomic mass is 19.3. The Morgan fingerprint density at radius 3 is 2.78 bits per heavy atom. The van der Waals surface area contributed by atoms with Crippen molar-refractivity contribution >= 4 is 5.91 Å². The Hall–Kier alpha value is -1.64. The molecule has 0 radical (unpaired) electrons. The predicted octanol–water partition coefficient (Wildman–Crippen LogP) is 2.77. The Labute approximate surface area is 156 Å². The molecule has 0 aromatic heterocycles. The molecule has 2 N–H and O–H groups in total. The molecule has 3 aliphatic rings. The van der Waals surface area contributed by atoms with E-state index in [4.69, 9.17) is 5.21 Å². The van der Waals surface area contributed by atoms with E-state index in [1.54, 1.807) is 6.07 Å². The molecule has 4 rings (SSSR count). The molecule has 27 heavy (non-hydrogen) atoms. The van der Waals surface area contributed by atoms with Gasteiger partial charge in [0.25, 0.3) is 12.5 Å². The summed E-state index contributed by atoms with van der Waals surface area (Å²) in [6.07, 6.45) is 4.21. The van der Waals surface area contributed by atoms with Crippen molar-refractivity contribution in [1.82, 2.24) is 15.3 Å². The van der Waals surface area contributed by atoms with Gasteiger partial charge in [-0.1, -0.05) is 0 Å². The third-order valence-electron chi connectivity index (χ3n) is 6.50. The van der Waals surface area contributed by atoms with Gasteiger partial charge in [0.15, 0.2) is 0 Å². The van der Waals surface area contributed by atoms with Gasteiger partial charge in [-0.25, -0.2) is 14.8 Å². The molecule has 0 unspecified atom stereocenters. The minimum atomic E-state index is -2.39. The number of amides is 1. The molecule has 1 amide bonds. The van der Waals surface area contributed by atoms with Crippen LogP contribution in [0.5, 0.6) is 0 Å². The first-order valence-corrected chi connectivity index (χ1v) is 9.43. The van der Waals surface area contributed by atoms with Crippen molar-refractivity contribution in [3.8, 4) is 0 Å². The summed E-state index contributed by atoms with van der Waals surface area (Å²) in [7, 11) is 0. The number of piperidine rings is 1. The van der Waals surface area contributed by atoms with Gasteiger partial charge >= 0.3 is 0 Å². The second-order valence-corrected chi connectivity index (χ2v) is 8.17. The molecule has 1 aliphatic carbocycles. The fourth-order valence-electron chi connectivity index (χ4n) is 5.09. The van der Waals surface area contributed by atoms with Crippen molar-refractivity contribution in [3.05, 3.63) is 34.6 Å². The van der Waals surface area contributed by atoms with E-state index >= 15 is 0 Å². The van der Waals surface area contributed by atoms with Gasteiger partial charge in [-0.3, -0.25) is 14.9 Å². The van der Waals surface area contributed by atoms with Crippen molar-refractivity contribution < 1.29 is 23.2 Å². The number of carbonyl (C=O) groups excluding carboxylic acids is 1. The van der Waals surface area contributed by atoms with Crippen LogP contribution in [0.1, 0.15) is 47.2 Å². The molecule has 1 saturated heterocycles. The molecule has 5 nitrogen and oxygen atoms in total. The van der Waals surface area contributed by atoms with Gasteiger partial charge in [-0.2, -0.15) is 8.78 Å². The number of hydroxylamine groups is 1. The third-order valence-corrected chi connectivity index (χ3v) is 6.50. The van der Waals surface area contributed by atoms with Crippen LogP contribution < -0.4 is 5.48 Å². The van der Waals surface area contributed by atoms with Gasteiger partial charge in [0, 0.05) is 43.3 Å². The standard InChI is InChI=1S/C19H24F3N3O2/c20-16-7-13(17(26)23-27)6-12-2-5-24(10-15(12)16)14-8-19(9-14)3-1-4-25(11-19)18(21)22/h6-7,14,18,27H,1-5,8-11H2,(H,23,26). The highest BCUT2D eigenvalue weighted by Crippen LogP contribution is 2.50. The van der Waals surface area contributed by atoms with Crippen molar-refractivity contribution in [2.45, 2.75) is 51.2 Å². The average Bonchev–Trinajstić information content (AvgIpc) is 2.65. The molecule has 0 atom stereocenters. The lowest BCUT2D eigenvalue weighted by atomic mass is 9.61. The van der Waals surface area contributed by atoms with Gasteiger partial charge in [0.2, 0.25) is 0 Å². The largest absolute Gasteiger partial charge is 0.296 e. The molecule has 8 heteroatoms.